The molecule has 2 rings (SSSR count). The maximum absolute atomic E-state index is 6.09. The SMILES string of the molecule is CC1CN(c2ncnc(N)c2Cl)CC(C)O1. The average molecular weight is 243 g/mol. The molecular formula is C10H15ClN4O. The van der Waals surface area contributed by atoms with Gasteiger partial charge in [0.2, 0.25) is 0 Å². The van der Waals surface area contributed by atoms with Crippen LogP contribution in [0.1, 0.15) is 13.8 Å². The second kappa shape index (κ2) is 4.43. The number of hydrogen-bond acceptors (Lipinski definition) is 5. The number of halogens is 1. The molecule has 0 amide bonds. The fourth-order valence-corrected chi connectivity index (χ4v) is 2.16. The normalized spacial score (nSPS) is 25.8. The van der Waals surface area contributed by atoms with Crippen LogP contribution in [0.3, 0.4) is 0 Å². The van der Waals surface area contributed by atoms with Gasteiger partial charge in [-0.2, -0.15) is 0 Å². The van der Waals surface area contributed by atoms with Gasteiger partial charge in [0.05, 0.1) is 12.2 Å². The topological polar surface area (TPSA) is 64.3 Å². The van der Waals surface area contributed by atoms with Crippen LogP contribution < -0.4 is 10.6 Å². The molecule has 16 heavy (non-hydrogen) atoms. The number of nitrogens with zero attached hydrogens (tertiary/aromatic N) is 3. The summed E-state index contributed by atoms with van der Waals surface area (Å²) in [6, 6.07) is 0. The molecule has 0 bridgehead atoms. The summed E-state index contributed by atoms with van der Waals surface area (Å²) in [6.45, 7) is 5.59. The van der Waals surface area contributed by atoms with Crippen LogP contribution in [0.5, 0.6) is 0 Å². The quantitative estimate of drug-likeness (QED) is 0.805. The third-order valence-corrected chi connectivity index (χ3v) is 2.88. The largest absolute Gasteiger partial charge is 0.382 e. The second-order valence-electron chi connectivity index (χ2n) is 4.06. The van der Waals surface area contributed by atoms with Gasteiger partial charge in [-0.15, -0.1) is 0 Å². The monoisotopic (exact) mass is 242 g/mol. The lowest BCUT2D eigenvalue weighted by molar-refractivity contribution is -0.00545. The molecule has 1 aromatic rings. The van der Waals surface area contributed by atoms with Crippen LogP contribution in [0.25, 0.3) is 0 Å². The van der Waals surface area contributed by atoms with E-state index >= 15 is 0 Å². The lowest BCUT2D eigenvalue weighted by Crippen LogP contribution is -2.46. The molecule has 1 aliphatic rings. The molecule has 88 valence electrons. The molecule has 2 unspecified atom stereocenters. The molecule has 0 spiro atoms. The zero-order chi connectivity index (χ0) is 11.7. The first-order chi connectivity index (χ1) is 7.58. The Hall–Kier alpha value is -1.07. The van der Waals surface area contributed by atoms with Gasteiger partial charge >= 0.3 is 0 Å². The predicted molar refractivity (Wildman–Crippen MR) is 63.7 cm³/mol. The summed E-state index contributed by atoms with van der Waals surface area (Å²) in [5.41, 5.74) is 5.66. The highest BCUT2D eigenvalue weighted by Gasteiger charge is 2.25. The van der Waals surface area contributed by atoms with Crippen molar-refractivity contribution in [2.24, 2.45) is 0 Å². The highest BCUT2D eigenvalue weighted by Crippen LogP contribution is 2.28. The smallest absolute Gasteiger partial charge is 0.153 e. The maximum atomic E-state index is 6.09. The van der Waals surface area contributed by atoms with Crippen LogP contribution in [0, 0.1) is 0 Å². The van der Waals surface area contributed by atoms with E-state index in [0.717, 1.165) is 13.1 Å². The van der Waals surface area contributed by atoms with Gasteiger partial charge in [-0.3, -0.25) is 0 Å². The third-order valence-electron chi connectivity index (χ3n) is 2.52. The van der Waals surface area contributed by atoms with E-state index in [0.29, 0.717) is 16.7 Å². The molecule has 1 aromatic heterocycles. The maximum Gasteiger partial charge on any atom is 0.153 e. The van der Waals surface area contributed by atoms with E-state index in [1.807, 2.05) is 13.8 Å². The fraction of sp³-hybridized carbons (Fsp3) is 0.600. The van der Waals surface area contributed by atoms with E-state index in [1.165, 1.54) is 6.33 Å². The van der Waals surface area contributed by atoms with Crippen molar-refractivity contribution in [3.05, 3.63) is 11.3 Å². The molecule has 1 fully saturated rings. The summed E-state index contributed by atoms with van der Waals surface area (Å²) in [4.78, 5) is 10.1. The molecule has 0 saturated carbocycles. The Labute approximate surface area is 99.6 Å². The summed E-state index contributed by atoms with van der Waals surface area (Å²) in [7, 11) is 0. The van der Waals surface area contributed by atoms with Crippen molar-refractivity contribution in [2.75, 3.05) is 23.7 Å². The number of hydrogen-bond donors (Lipinski definition) is 1. The second-order valence-corrected chi connectivity index (χ2v) is 4.44. The number of nitrogen functional groups attached to an aromatic ring is 1. The van der Waals surface area contributed by atoms with Gasteiger partial charge in [0.1, 0.15) is 17.2 Å². The number of aromatic nitrogens is 2. The predicted octanol–water partition coefficient (Wildman–Crippen LogP) is 1.33. The Morgan fingerprint density at radius 3 is 2.62 bits per heavy atom. The van der Waals surface area contributed by atoms with Gasteiger partial charge in [0.25, 0.3) is 0 Å². The Morgan fingerprint density at radius 1 is 1.38 bits per heavy atom. The standard InChI is InChI=1S/C10H15ClN4O/c1-6-3-15(4-7(2)16-6)10-8(11)9(12)13-5-14-10/h5-7H,3-4H2,1-2H3,(H2,12,13,14). The first kappa shape index (κ1) is 11.4. The van der Waals surface area contributed by atoms with Crippen molar-refractivity contribution < 1.29 is 4.74 Å². The molecule has 6 heteroatoms. The Morgan fingerprint density at radius 2 is 2.00 bits per heavy atom. The van der Waals surface area contributed by atoms with Crippen molar-refractivity contribution >= 4 is 23.2 Å². The van der Waals surface area contributed by atoms with Crippen LogP contribution >= 0.6 is 11.6 Å². The summed E-state index contributed by atoms with van der Waals surface area (Å²) in [5, 5.41) is 0.420. The van der Waals surface area contributed by atoms with Crippen LogP contribution in [-0.4, -0.2) is 35.3 Å². The van der Waals surface area contributed by atoms with Crippen molar-refractivity contribution in [3.8, 4) is 0 Å². The van der Waals surface area contributed by atoms with E-state index in [-0.39, 0.29) is 12.2 Å². The first-order valence-electron chi connectivity index (χ1n) is 5.24. The zero-order valence-electron chi connectivity index (χ0n) is 9.35. The number of anilines is 2. The van der Waals surface area contributed by atoms with Gasteiger partial charge in [0, 0.05) is 13.1 Å². The van der Waals surface area contributed by atoms with Crippen molar-refractivity contribution in [1.82, 2.24) is 9.97 Å². The van der Waals surface area contributed by atoms with Gasteiger partial charge < -0.3 is 15.4 Å². The minimum Gasteiger partial charge on any atom is -0.382 e. The highest BCUT2D eigenvalue weighted by molar-refractivity contribution is 6.35. The van der Waals surface area contributed by atoms with Gasteiger partial charge in [-0.25, -0.2) is 9.97 Å². The molecule has 0 aliphatic carbocycles. The van der Waals surface area contributed by atoms with E-state index in [9.17, 15) is 0 Å². The van der Waals surface area contributed by atoms with E-state index < -0.39 is 0 Å². The minimum absolute atomic E-state index is 0.163. The fourth-order valence-electron chi connectivity index (χ4n) is 1.94. The molecule has 2 heterocycles. The Balaban J connectivity index is 2.26. The third kappa shape index (κ3) is 2.20. The van der Waals surface area contributed by atoms with Crippen molar-refractivity contribution in [3.63, 3.8) is 0 Å². The van der Waals surface area contributed by atoms with E-state index in [4.69, 9.17) is 22.1 Å². The number of ether oxygens (including phenoxy) is 1. The highest BCUT2D eigenvalue weighted by atomic mass is 35.5. The number of rotatable bonds is 1. The van der Waals surface area contributed by atoms with Crippen LogP contribution in [0.4, 0.5) is 11.6 Å². The van der Waals surface area contributed by atoms with Crippen molar-refractivity contribution in [2.45, 2.75) is 26.1 Å². The first-order valence-corrected chi connectivity index (χ1v) is 5.62. The van der Waals surface area contributed by atoms with E-state index in [2.05, 4.69) is 14.9 Å². The molecule has 0 aromatic carbocycles. The van der Waals surface area contributed by atoms with Crippen molar-refractivity contribution in [1.29, 1.82) is 0 Å². The molecule has 1 saturated heterocycles. The number of nitrogens with two attached hydrogens (primary N) is 1. The molecule has 0 radical (unpaired) electrons. The van der Waals surface area contributed by atoms with Gasteiger partial charge in [0.15, 0.2) is 5.82 Å². The molecular weight excluding hydrogens is 228 g/mol. The van der Waals surface area contributed by atoms with Gasteiger partial charge in [-0.05, 0) is 13.8 Å². The zero-order valence-corrected chi connectivity index (χ0v) is 10.1. The van der Waals surface area contributed by atoms with Gasteiger partial charge in [-0.1, -0.05) is 11.6 Å². The van der Waals surface area contributed by atoms with Crippen LogP contribution in [-0.2, 0) is 4.74 Å². The molecule has 2 atom stereocenters. The lowest BCUT2D eigenvalue weighted by atomic mass is 10.2. The number of morpholine rings is 1. The summed E-state index contributed by atoms with van der Waals surface area (Å²) in [5.74, 6) is 1.01. The van der Waals surface area contributed by atoms with E-state index in [1.54, 1.807) is 0 Å². The summed E-state index contributed by atoms with van der Waals surface area (Å²) < 4.78 is 5.65. The van der Waals surface area contributed by atoms with Crippen LogP contribution in [0.15, 0.2) is 6.33 Å². The average Bonchev–Trinajstić information content (AvgIpc) is 2.20. The Kier molecular flexibility index (Phi) is 3.16. The molecule has 2 N–H and O–H groups in total. The summed E-state index contributed by atoms with van der Waals surface area (Å²) >= 11 is 6.09. The Bertz CT molecular complexity index is 377. The lowest BCUT2D eigenvalue weighted by Gasteiger charge is -2.36. The van der Waals surface area contributed by atoms with Crippen LogP contribution in [0.2, 0.25) is 5.02 Å². The molecule has 1 aliphatic heterocycles. The summed E-state index contributed by atoms with van der Waals surface area (Å²) in [6.07, 6.45) is 1.76. The minimum atomic E-state index is 0.163. The molecule has 5 nitrogen and oxygen atoms in total.